The minimum atomic E-state index is -1.10. The van der Waals surface area contributed by atoms with Crippen molar-refractivity contribution in [3.63, 3.8) is 0 Å². The van der Waals surface area contributed by atoms with E-state index in [9.17, 15) is 0 Å². The molecule has 1 aliphatic heterocycles. The molecule has 0 saturated carbocycles. The number of aliphatic hydroxyl groups is 3. The Morgan fingerprint density at radius 3 is 2.44 bits per heavy atom. The summed E-state index contributed by atoms with van der Waals surface area (Å²) in [5.41, 5.74) is 0. The predicted molar refractivity (Wildman–Crippen MR) is 28.3 cm³/mol. The zero-order valence-corrected chi connectivity index (χ0v) is 4.77. The Balaban J connectivity index is 2.41. The van der Waals surface area contributed by atoms with Crippen LogP contribution in [0.25, 0.3) is 0 Å². The first-order valence-electron chi connectivity index (χ1n) is 2.71. The van der Waals surface area contributed by atoms with Crippen molar-refractivity contribution >= 4 is 0 Å². The highest BCUT2D eigenvalue weighted by Gasteiger charge is 2.29. The average molecular weight is 133 g/mol. The lowest BCUT2D eigenvalue weighted by molar-refractivity contribution is -0.124. The molecule has 53 valence electrons. The van der Waals surface area contributed by atoms with Crippen LogP contribution in [0.4, 0.5) is 0 Å². The fourth-order valence-corrected chi connectivity index (χ4v) is 0.659. The summed E-state index contributed by atoms with van der Waals surface area (Å²) in [4.78, 5) is 0. The van der Waals surface area contributed by atoms with E-state index in [1.54, 1.807) is 0 Å². The molecule has 1 heterocycles. The highest BCUT2D eigenvalue weighted by atomic mass is 16.5. The van der Waals surface area contributed by atoms with Crippen molar-refractivity contribution < 1.29 is 20.1 Å². The zero-order chi connectivity index (χ0) is 6.85. The first-order valence-corrected chi connectivity index (χ1v) is 2.71. The molecule has 1 saturated heterocycles. The lowest BCUT2D eigenvalue weighted by Crippen LogP contribution is -2.44. The van der Waals surface area contributed by atoms with E-state index in [1.807, 2.05) is 0 Å². The van der Waals surface area contributed by atoms with E-state index in [4.69, 9.17) is 15.3 Å². The summed E-state index contributed by atoms with van der Waals surface area (Å²) in [6, 6.07) is 0. The molecule has 1 fully saturated rings. The lowest BCUT2D eigenvalue weighted by Gasteiger charge is -2.27. The molecule has 0 unspecified atom stereocenters. The molecule has 0 amide bonds. The standard InChI is InChI=1S/C5H9O4/c6-3-1-9-2-4(7)5(3)8/h1,3-8H,2H2/t3-,4+,5+/m0/s1. The second kappa shape index (κ2) is 2.62. The van der Waals surface area contributed by atoms with E-state index in [0.717, 1.165) is 6.61 Å². The van der Waals surface area contributed by atoms with Gasteiger partial charge in [0, 0.05) is 0 Å². The van der Waals surface area contributed by atoms with E-state index in [-0.39, 0.29) is 6.61 Å². The fourth-order valence-electron chi connectivity index (χ4n) is 0.659. The van der Waals surface area contributed by atoms with Crippen molar-refractivity contribution in [2.24, 2.45) is 0 Å². The topological polar surface area (TPSA) is 69.9 Å². The van der Waals surface area contributed by atoms with Crippen LogP contribution in [0.3, 0.4) is 0 Å². The third-order valence-electron chi connectivity index (χ3n) is 1.25. The summed E-state index contributed by atoms with van der Waals surface area (Å²) in [5, 5.41) is 26.4. The van der Waals surface area contributed by atoms with Crippen LogP contribution in [0.15, 0.2) is 0 Å². The molecule has 0 spiro atoms. The van der Waals surface area contributed by atoms with Crippen molar-refractivity contribution in [3.05, 3.63) is 6.61 Å². The maximum atomic E-state index is 8.83. The Bertz CT molecular complexity index is 85.0. The number of rotatable bonds is 0. The third kappa shape index (κ3) is 1.40. The van der Waals surface area contributed by atoms with Crippen LogP contribution >= 0.6 is 0 Å². The molecule has 1 radical (unpaired) electrons. The molecule has 4 heteroatoms. The third-order valence-corrected chi connectivity index (χ3v) is 1.25. The van der Waals surface area contributed by atoms with E-state index in [0.29, 0.717) is 0 Å². The van der Waals surface area contributed by atoms with Gasteiger partial charge in [0.05, 0.1) is 6.61 Å². The van der Waals surface area contributed by atoms with E-state index < -0.39 is 18.3 Å². The molecule has 0 aromatic carbocycles. The quantitative estimate of drug-likeness (QED) is 0.367. The Morgan fingerprint density at radius 2 is 2.00 bits per heavy atom. The van der Waals surface area contributed by atoms with Gasteiger partial charge in [0.25, 0.3) is 0 Å². The molecule has 9 heavy (non-hydrogen) atoms. The largest absolute Gasteiger partial charge is 0.388 e. The molecular formula is C5H9O4. The molecule has 1 rings (SSSR count). The number of aliphatic hydroxyl groups excluding tert-OH is 3. The summed E-state index contributed by atoms with van der Waals surface area (Å²) in [6.45, 7) is 1.16. The van der Waals surface area contributed by atoms with Crippen LogP contribution in [0, 0.1) is 6.61 Å². The van der Waals surface area contributed by atoms with Gasteiger partial charge in [-0.25, -0.2) is 0 Å². The molecule has 0 aromatic rings. The molecule has 0 bridgehead atoms. The van der Waals surface area contributed by atoms with Crippen LogP contribution in [0.1, 0.15) is 0 Å². The minimum Gasteiger partial charge on any atom is -0.388 e. The molecular weight excluding hydrogens is 124 g/mol. The fraction of sp³-hybridized carbons (Fsp3) is 0.800. The van der Waals surface area contributed by atoms with Crippen molar-refractivity contribution in [1.82, 2.24) is 0 Å². The SMILES string of the molecule is O[C@H]1[C@H](O)CO[CH][C@@H]1O. The van der Waals surface area contributed by atoms with Crippen LogP contribution in [0.2, 0.25) is 0 Å². The van der Waals surface area contributed by atoms with Crippen molar-refractivity contribution in [3.8, 4) is 0 Å². The highest BCUT2D eigenvalue weighted by Crippen LogP contribution is 2.10. The normalized spacial score (nSPS) is 45.0. The maximum absolute atomic E-state index is 8.83. The molecule has 0 aliphatic carbocycles. The second-order valence-corrected chi connectivity index (χ2v) is 2.02. The van der Waals surface area contributed by atoms with Gasteiger partial charge in [-0.05, 0) is 0 Å². The number of hydrogen-bond donors (Lipinski definition) is 3. The van der Waals surface area contributed by atoms with Crippen LogP contribution in [-0.4, -0.2) is 40.2 Å². The number of ether oxygens (including phenoxy) is 1. The molecule has 1 aliphatic rings. The molecule has 4 nitrogen and oxygen atoms in total. The van der Waals surface area contributed by atoms with Crippen molar-refractivity contribution in [1.29, 1.82) is 0 Å². The van der Waals surface area contributed by atoms with Gasteiger partial charge >= 0.3 is 0 Å². The van der Waals surface area contributed by atoms with Crippen LogP contribution in [-0.2, 0) is 4.74 Å². The molecule has 0 aromatic heterocycles. The molecule has 3 atom stereocenters. The first-order chi connectivity index (χ1) is 4.22. The van der Waals surface area contributed by atoms with E-state index in [1.165, 1.54) is 0 Å². The average Bonchev–Trinajstić information content (AvgIpc) is 1.83. The van der Waals surface area contributed by atoms with Gasteiger partial charge in [-0.3, -0.25) is 0 Å². The summed E-state index contributed by atoms with van der Waals surface area (Å²) < 4.78 is 4.58. The summed E-state index contributed by atoms with van der Waals surface area (Å²) in [5.74, 6) is 0. The smallest absolute Gasteiger partial charge is 0.115 e. The number of hydrogen-bond acceptors (Lipinski definition) is 4. The Morgan fingerprint density at radius 1 is 1.33 bits per heavy atom. The van der Waals surface area contributed by atoms with Gasteiger partial charge in [-0.15, -0.1) is 0 Å². The van der Waals surface area contributed by atoms with Crippen LogP contribution in [0.5, 0.6) is 0 Å². The minimum absolute atomic E-state index is 0.0538. The lowest BCUT2D eigenvalue weighted by atomic mass is 10.1. The monoisotopic (exact) mass is 133 g/mol. The van der Waals surface area contributed by atoms with Gasteiger partial charge in [0.1, 0.15) is 24.9 Å². The Hall–Kier alpha value is -0.160. The molecule has 3 N–H and O–H groups in total. The van der Waals surface area contributed by atoms with E-state index >= 15 is 0 Å². The zero-order valence-electron chi connectivity index (χ0n) is 4.77. The van der Waals surface area contributed by atoms with Gasteiger partial charge in [0.15, 0.2) is 0 Å². The van der Waals surface area contributed by atoms with Crippen molar-refractivity contribution in [2.45, 2.75) is 18.3 Å². The second-order valence-electron chi connectivity index (χ2n) is 2.02. The Labute approximate surface area is 52.7 Å². The summed E-state index contributed by atoms with van der Waals surface area (Å²) >= 11 is 0. The summed E-state index contributed by atoms with van der Waals surface area (Å²) in [6.07, 6.45) is -3.13. The highest BCUT2D eigenvalue weighted by molar-refractivity contribution is 4.85. The van der Waals surface area contributed by atoms with Gasteiger partial charge in [-0.2, -0.15) is 0 Å². The maximum Gasteiger partial charge on any atom is 0.115 e. The summed E-state index contributed by atoms with van der Waals surface area (Å²) in [7, 11) is 0. The first kappa shape index (κ1) is 6.95. The van der Waals surface area contributed by atoms with Gasteiger partial charge < -0.3 is 20.1 Å². The van der Waals surface area contributed by atoms with Crippen molar-refractivity contribution in [2.75, 3.05) is 6.61 Å². The van der Waals surface area contributed by atoms with E-state index in [2.05, 4.69) is 4.74 Å². The van der Waals surface area contributed by atoms with Gasteiger partial charge in [-0.1, -0.05) is 0 Å². The Kier molecular flexibility index (Phi) is 2.02. The van der Waals surface area contributed by atoms with Crippen LogP contribution < -0.4 is 0 Å². The predicted octanol–water partition coefficient (Wildman–Crippen LogP) is -1.74. The van der Waals surface area contributed by atoms with Gasteiger partial charge in [0.2, 0.25) is 0 Å².